The first-order chi connectivity index (χ1) is 15.1. The number of carbonyl (C=O) groups is 1. The third-order valence-electron chi connectivity index (χ3n) is 5.61. The third-order valence-corrected chi connectivity index (χ3v) is 5.85. The van der Waals surface area contributed by atoms with Crippen LogP contribution < -0.4 is 15.5 Å². The van der Waals surface area contributed by atoms with Crippen LogP contribution in [0.2, 0.25) is 5.02 Å². The fourth-order valence-corrected chi connectivity index (χ4v) is 4.40. The maximum absolute atomic E-state index is 12.7. The highest BCUT2D eigenvalue weighted by Crippen LogP contribution is 2.37. The Hall–Kier alpha value is -2.57. The molecule has 0 radical (unpaired) electrons. The zero-order valence-corrected chi connectivity index (χ0v) is 19.4. The lowest BCUT2D eigenvalue weighted by atomic mass is 9.99. The number of amides is 1. The van der Waals surface area contributed by atoms with Crippen molar-refractivity contribution in [3.8, 4) is 0 Å². The van der Waals surface area contributed by atoms with Crippen molar-refractivity contribution in [2.45, 2.75) is 18.6 Å². The van der Waals surface area contributed by atoms with Crippen molar-refractivity contribution < 1.29 is 9.90 Å². The molecule has 5 nitrogen and oxygen atoms in total. The Labute approximate surface area is 199 Å². The smallest absolute Gasteiger partial charge is 0.255 e. The Morgan fingerprint density at radius 1 is 1.09 bits per heavy atom. The van der Waals surface area contributed by atoms with Crippen molar-refractivity contribution in [3.05, 3.63) is 94.5 Å². The maximum atomic E-state index is 12.7. The maximum Gasteiger partial charge on any atom is 0.255 e. The Morgan fingerprint density at radius 3 is 2.59 bits per heavy atom. The van der Waals surface area contributed by atoms with Gasteiger partial charge < -0.3 is 20.6 Å². The molecule has 3 aromatic carbocycles. The first-order valence-electron chi connectivity index (χ1n) is 10.4. The van der Waals surface area contributed by atoms with E-state index in [1.165, 1.54) is 0 Å². The first-order valence-corrected chi connectivity index (χ1v) is 10.8. The van der Waals surface area contributed by atoms with Gasteiger partial charge in [0.05, 0.1) is 12.1 Å². The topological polar surface area (TPSA) is 64.6 Å². The van der Waals surface area contributed by atoms with E-state index in [0.29, 0.717) is 22.8 Å². The molecule has 0 aliphatic carbocycles. The number of rotatable bonds is 7. The highest BCUT2D eigenvalue weighted by Gasteiger charge is 2.32. The van der Waals surface area contributed by atoms with E-state index >= 15 is 0 Å². The summed E-state index contributed by atoms with van der Waals surface area (Å²) >= 11 is 6.01. The molecule has 0 aromatic heterocycles. The largest absolute Gasteiger partial charge is 0.389 e. The number of carbonyl (C=O) groups excluding carboxylic acids is 1. The zero-order chi connectivity index (χ0) is 21.8. The van der Waals surface area contributed by atoms with Gasteiger partial charge in [-0.2, -0.15) is 0 Å². The molecule has 1 heterocycles. The molecule has 3 N–H and O–H groups in total. The van der Waals surface area contributed by atoms with Crippen molar-refractivity contribution in [2.75, 3.05) is 30.4 Å². The fraction of sp³-hybridized carbons (Fsp3) is 0.240. The third kappa shape index (κ3) is 5.25. The van der Waals surface area contributed by atoms with Crippen LogP contribution >= 0.6 is 24.0 Å². The first kappa shape index (κ1) is 24.1. The average Bonchev–Trinajstić information content (AvgIpc) is 3.18. The molecule has 1 amide bonds. The molecule has 0 fully saturated rings. The quantitative estimate of drug-likeness (QED) is 0.467. The van der Waals surface area contributed by atoms with Gasteiger partial charge in [0.2, 0.25) is 0 Å². The number of aliphatic hydroxyl groups is 1. The Morgan fingerprint density at radius 2 is 1.88 bits per heavy atom. The van der Waals surface area contributed by atoms with Crippen LogP contribution in [0.25, 0.3) is 0 Å². The van der Waals surface area contributed by atoms with Crippen molar-refractivity contribution >= 4 is 41.3 Å². The second-order valence-corrected chi connectivity index (χ2v) is 8.17. The van der Waals surface area contributed by atoms with Gasteiger partial charge in [-0.05, 0) is 61.0 Å². The van der Waals surface area contributed by atoms with Crippen LogP contribution in [0.1, 0.15) is 27.5 Å². The van der Waals surface area contributed by atoms with Crippen molar-refractivity contribution in [1.29, 1.82) is 0 Å². The number of nitrogens with one attached hydrogen (secondary N) is 2. The summed E-state index contributed by atoms with van der Waals surface area (Å²) in [6, 6.07) is 22.8. The number of aliphatic hydroxyl groups excluding tert-OH is 1. The van der Waals surface area contributed by atoms with E-state index in [1.807, 2.05) is 61.6 Å². The van der Waals surface area contributed by atoms with Gasteiger partial charge in [0, 0.05) is 35.1 Å². The van der Waals surface area contributed by atoms with Crippen LogP contribution in [-0.2, 0) is 6.42 Å². The van der Waals surface area contributed by atoms with Crippen LogP contribution in [0, 0.1) is 0 Å². The summed E-state index contributed by atoms with van der Waals surface area (Å²) in [6.45, 7) is 1.28. The molecule has 0 saturated heterocycles. The second-order valence-electron chi connectivity index (χ2n) is 7.73. The number of halogens is 2. The van der Waals surface area contributed by atoms with Gasteiger partial charge in [-0.25, -0.2) is 0 Å². The lowest BCUT2D eigenvalue weighted by molar-refractivity contribution is 0.102. The molecule has 32 heavy (non-hydrogen) atoms. The van der Waals surface area contributed by atoms with E-state index in [1.54, 1.807) is 18.2 Å². The fourth-order valence-electron chi connectivity index (χ4n) is 4.21. The average molecular weight is 472 g/mol. The minimum Gasteiger partial charge on any atom is -0.389 e. The molecule has 168 valence electrons. The van der Waals surface area contributed by atoms with E-state index < -0.39 is 6.10 Å². The molecule has 2 atom stereocenters. The molecule has 0 saturated carbocycles. The van der Waals surface area contributed by atoms with E-state index in [0.717, 1.165) is 29.8 Å². The SMILES string of the molecule is CNC[C@@H](O)[C@H](c1ccccc1)N1CCc2cc(C(=O)Nc3cccc(Cl)c3)ccc21.Cl. The normalized spacial score (nSPS) is 14.3. The number of anilines is 2. The Bertz CT molecular complexity index is 1060. The number of benzene rings is 3. The molecule has 3 aromatic rings. The van der Waals surface area contributed by atoms with Gasteiger partial charge in [0.15, 0.2) is 0 Å². The molecule has 0 spiro atoms. The number of likely N-dealkylation sites (N-methyl/N-ethyl adjacent to an activating group) is 1. The van der Waals surface area contributed by atoms with Crippen LogP contribution in [0.4, 0.5) is 11.4 Å². The predicted octanol–water partition coefficient (Wildman–Crippen LogP) is 4.70. The standard InChI is InChI=1S/C25H26ClN3O2.ClH/c1-27-16-23(30)24(17-6-3-2-4-7-17)29-13-12-18-14-19(10-11-22(18)29)25(31)28-21-9-5-8-20(26)15-21;/h2-11,14-15,23-24,27,30H,12-13,16H2,1H3,(H,28,31);1H/t23-,24+;/m1./s1. The lowest BCUT2D eigenvalue weighted by Gasteiger charge is -2.34. The van der Waals surface area contributed by atoms with Gasteiger partial charge >= 0.3 is 0 Å². The van der Waals surface area contributed by atoms with Crippen molar-refractivity contribution in [2.24, 2.45) is 0 Å². The molecule has 7 heteroatoms. The van der Waals surface area contributed by atoms with E-state index in [2.05, 4.69) is 15.5 Å². The van der Waals surface area contributed by atoms with Gasteiger partial charge in [0.1, 0.15) is 0 Å². The van der Waals surface area contributed by atoms with Crippen molar-refractivity contribution in [3.63, 3.8) is 0 Å². The molecule has 0 bridgehead atoms. The van der Waals surface area contributed by atoms with Gasteiger partial charge in [-0.3, -0.25) is 4.79 Å². The zero-order valence-electron chi connectivity index (χ0n) is 17.8. The summed E-state index contributed by atoms with van der Waals surface area (Å²) < 4.78 is 0. The number of hydrogen-bond donors (Lipinski definition) is 3. The summed E-state index contributed by atoms with van der Waals surface area (Å²) in [5.41, 5.74) is 4.51. The van der Waals surface area contributed by atoms with E-state index in [4.69, 9.17) is 11.6 Å². The minimum atomic E-state index is -0.566. The predicted molar refractivity (Wildman–Crippen MR) is 133 cm³/mol. The monoisotopic (exact) mass is 471 g/mol. The molecular formula is C25H27Cl2N3O2. The van der Waals surface area contributed by atoms with Crippen LogP contribution in [0.15, 0.2) is 72.8 Å². The van der Waals surface area contributed by atoms with Gasteiger partial charge in [-0.1, -0.05) is 48.0 Å². The number of nitrogens with zero attached hydrogens (tertiary/aromatic N) is 1. The summed E-state index contributed by atoms with van der Waals surface area (Å²) in [4.78, 5) is 15.0. The van der Waals surface area contributed by atoms with E-state index in [9.17, 15) is 9.90 Å². The van der Waals surface area contributed by atoms with Crippen molar-refractivity contribution in [1.82, 2.24) is 5.32 Å². The molecule has 1 aliphatic rings. The molecular weight excluding hydrogens is 445 g/mol. The van der Waals surface area contributed by atoms with Crippen LogP contribution in [0.5, 0.6) is 0 Å². The Balaban J connectivity index is 0.00000289. The summed E-state index contributed by atoms with van der Waals surface area (Å²) in [5.74, 6) is -0.168. The van der Waals surface area contributed by atoms with Crippen LogP contribution in [0.3, 0.4) is 0 Å². The summed E-state index contributed by atoms with van der Waals surface area (Å²) in [6.07, 6.45) is 0.257. The lowest BCUT2D eigenvalue weighted by Crippen LogP contribution is -2.40. The minimum absolute atomic E-state index is 0. The molecule has 0 unspecified atom stereocenters. The number of hydrogen-bond acceptors (Lipinski definition) is 4. The van der Waals surface area contributed by atoms with Crippen LogP contribution in [-0.4, -0.2) is 37.3 Å². The van der Waals surface area contributed by atoms with Gasteiger partial charge in [0.25, 0.3) is 5.91 Å². The summed E-state index contributed by atoms with van der Waals surface area (Å²) in [7, 11) is 1.84. The summed E-state index contributed by atoms with van der Waals surface area (Å²) in [5, 5.41) is 17.5. The molecule has 4 rings (SSSR count). The molecule has 1 aliphatic heterocycles. The van der Waals surface area contributed by atoms with Gasteiger partial charge in [-0.15, -0.1) is 12.4 Å². The Kier molecular flexibility index (Phi) is 8.15. The van der Waals surface area contributed by atoms with E-state index in [-0.39, 0.29) is 24.4 Å². The highest BCUT2D eigenvalue weighted by atomic mass is 35.5. The number of fused-ring (bicyclic) bond motifs is 1. The highest BCUT2D eigenvalue weighted by molar-refractivity contribution is 6.31. The second kappa shape index (κ2) is 10.8.